The Balaban J connectivity index is 1.76. The number of carbonyl (C=O) groups is 2. The van der Waals surface area contributed by atoms with Crippen molar-refractivity contribution in [3.8, 4) is 0 Å². The van der Waals surface area contributed by atoms with Crippen LogP contribution in [0.2, 0.25) is 0 Å². The van der Waals surface area contributed by atoms with Gasteiger partial charge in [0, 0.05) is 22.7 Å². The number of rotatable bonds is 2. The maximum absolute atomic E-state index is 12.8. The predicted molar refractivity (Wildman–Crippen MR) is 85.9 cm³/mol. The zero-order valence-electron chi connectivity index (χ0n) is 12.3. The van der Waals surface area contributed by atoms with Gasteiger partial charge in [-0.3, -0.25) is 25.2 Å². The van der Waals surface area contributed by atoms with Gasteiger partial charge in [-0.05, 0) is 36.4 Å². The maximum atomic E-state index is 12.8. The third kappa shape index (κ3) is 3.00. The largest absolute Gasteiger partial charge is 0.360 e. The molecule has 2 aromatic carbocycles. The number of pyridine rings is 1. The van der Waals surface area contributed by atoms with E-state index < -0.39 is 23.1 Å². The molecule has 0 fully saturated rings. The first-order valence-corrected chi connectivity index (χ1v) is 7.03. The number of fused-ring (bicyclic) bond motifs is 1. The number of carbonyl (C=O) groups excluding carboxylic acids is 2. The lowest BCUT2D eigenvalue weighted by Gasteiger charge is -2.07. The second kappa shape index (κ2) is 6.33. The minimum absolute atomic E-state index is 0.131. The number of benzene rings is 2. The lowest BCUT2D eigenvalue weighted by Crippen LogP contribution is -2.43. The molecule has 0 saturated carbocycles. The first-order valence-electron chi connectivity index (χ1n) is 7.03. The molecule has 1 heterocycles. The summed E-state index contributed by atoms with van der Waals surface area (Å²) >= 11 is 0. The van der Waals surface area contributed by atoms with Crippen LogP contribution in [0.3, 0.4) is 0 Å². The Hall–Kier alpha value is -3.48. The van der Waals surface area contributed by atoms with Crippen LogP contribution >= 0.6 is 0 Å². The number of aromatic amines is 1. The summed E-state index contributed by atoms with van der Waals surface area (Å²) in [4.78, 5) is 39.1. The Morgan fingerprint density at radius 2 is 1.58 bits per heavy atom. The van der Waals surface area contributed by atoms with E-state index in [2.05, 4.69) is 15.8 Å². The van der Waals surface area contributed by atoms with E-state index in [1.807, 2.05) is 0 Å². The number of nitrogens with one attached hydrogen (secondary N) is 3. The van der Waals surface area contributed by atoms with Crippen LogP contribution in [-0.2, 0) is 0 Å². The molecule has 7 heteroatoms. The molecule has 3 N–H and O–H groups in total. The summed E-state index contributed by atoms with van der Waals surface area (Å²) in [5, 5.41) is 0.370. The van der Waals surface area contributed by atoms with Crippen LogP contribution in [0.1, 0.15) is 20.7 Å². The topological polar surface area (TPSA) is 91.1 Å². The Morgan fingerprint density at radius 1 is 0.917 bits per heavy atom. The highest BCUT2D eigenvalue weighted by Gasteiger charge is 2.14. The van der Waals surface area contributed by atoms with Crippen molar-refractivity contribution >= 4 is 22.7 Å². The third-order valence-corrected chi connectivity index (χ3v) is 3.43. The minimum Gasteiger partial charge on any atom is -0.360 e. The first-order chi connectivity index (χ1) is 11.6. The highest BCUT2D eigenvalue weighted by molar-refractivity contribution is 6.00. The normalized spacial score (nSPS) is 10.4. The van der Waals surface area contributed by atoms with Gasteiger partial charge in [-0.15, -0.1) is 0 Å². The van der Waals surface area contributed by atoms with Crippen molar-refractivity contribution in [3.63, 3.8) is 0 Å². The van der Waals surface area contributed by atoms with Crippen molar-refractivity contribution in [2.24, 2.45) is 0 Å². The zero-order chi connectivity index (χ0) is 17.1. The Bertz CT molecular complexity index is 980. The Morgan fingerprint density at radius 3 is 2.33 bits per heavy atom. The Kier molecular flexibility index (Phi) is 4.07. The molecule has 2 amide bonds. The van der Waals surface area contributed by atoms with Crippen molar-refractivity contribution in [1.82, 2.24) is 15.8 Å². The van der Waals surface area contributed by atoms with Gasteiger partial charge in [0.2, 0.25) is 5.43 Å². The molecule has 0 bridgehead atoms. The second-order valence-electron chi connectivity index (χ2n) is 4.99. The summed E-state index contributed by atoms with van der Waals surface area (Å²) in [6.07, 6.45) is 1.28. The number of hydrogen-bond donors (Lipinski definition) is 3. The molecule has 3 aromatic rings. The van der Waals surface area contributed by atoms with Gasteiger partial charge in [-0.1, -0.05) is 12.1 Å². The molecule has 0 saturated heterocycles. The average Bonchev–Trinajstić information content (AvgIpc) is 2.60. The fourth-order valence-electron chi connectivity index (χ4n) is 2.19. The SMILES string of the molecule is O=C(NNC(=O)c1c[nH]c2ccccc2c1=O)c1ccc(F)cc1. The average molecular weight is 325 g/mol. The molecular weight excluding hydrogens is 313 g/mol. The van der Waals surface area contributed by atoms with Crippen LogP contribution in [0.4, 0.5) is 4.39 Å². The number of halogens is 1. The van der Waals surface area contributed by atoms with E-state index in [9.17, 15) is 18.8 Å². The van der Waals surface area contributed by atoms with Crippen molar-refractivity contribution < 1.29 is 14.0 Å². The highest BCUT2D eigenvalue weighted by Crippen LogP contribution is 2.07. The number of H-pyrrole nitrogens is 1. The number of hydrazine groups is 1. The van der Waals surface area contributed by atoms with Gasteiger partial charge in [0.15, 0.2) is 0 Å². The summed E-state index contributed by atoms with van der Waals surface area (Å²) in [7, 11) is 0. The van der Waals surface area contributed by atoms with Crippen molar-refractivity contribution in [2.75, 3.05) is 0 Å². The van der Waals surface area contributed by atoms with Crippen LogP contribution in [0, 0.1) is 5.82 Å². The molecule has 0 aliphatic rings. The van der Waals surface area contributed by atoms with Gasteiger partial charge >= 0.3 is 0 Å². The van der Waals surface area contributed by atoms with Gasteiger partial charge in [-0.2, -0.15) is 0 Å². The molecule has 1 aromatic heterocycles. The van der Waals surface area contributed by atoms with E-state index >= 15 is 0 Å². The molecule has 0 radical (unpaired) electrons. The number of hydrogen-bond acceptors (Lipinski definition) is 3. The molecular formula is C17H12FN3O3. The maximum Gasteiger partial charge on any atom is 0.275 e. The zero-order valence-corrected chi connectivity index (χ0v) is 12.3. The molecule has 120 valence electrons. The fraction of sp³-hybridized carbons (Fsp3) is 0. The molecule has 0 unspecified atom stereocenters. The molecule has 0 aliphatic heterocycles. The number of para-hydroxylation sites is 1. The number of amides is 2. The molecule has 6 nitrogen and oxygen atoms in total. The van der Waals surface area contributed by atoms with Crippen molar-refractivity contribution in [2.45, 2.75) is 0 Å². The molecule has 0 spiro atoms. The van der Waals surface area contributed by atoms with Crippen LogP contribution in [-0.4, -0.2) is 16.8 Å². The van der Waals surface area contributed by atoms with E-state index in [1.165, 1.54) is 18.3 Å². The van der Waals surface area contributed by atoms with Crippen molar-refractivity contribution in [1.29, 1.82) is 0 Å². The molecule has 24 heavy (non-hydrogen) atoms. The van der Waals surface area contributed by atoms with E-state index in [1.54, 1.807) is 24.3 Å². The summed E-state index contributed by atoms with van der Waals surface area (Å²) in [5.74, 6) is -1.85. The van der Waals surface area contributed by atoms with Gasteiger partial charge in [-0.25, -0.2) is 4.39 Å². The van der Waals surface area contributed by atoms with E-state index in [0.717, 1.165) is 12.1 Å². The molecule has 0 aliphatic carbocycles. The number of aromatic nitrogens is 1. The van der Waals surface area contributed by atoms with Crippen LogP contribution in [0.5, 0.6) is 0 Å². The quantitative estimate of drug-likeness (QED) is 0.627. The summed E-state index contributed by atoms with van der Waals surface area (Å²) in [6.45, 7) is 0. The standard InChI is InChI=1S/C17H12FN3O3/c18-11-7-5-10(6-8-11)16(23)20-21-17(24)13-9-19-14-4-2-1-3-12(14)15(13)22/h1-9H,(H,19,22)(H,20,23)(H,21,24). The summed E-state index contributed by atoms with van der Waals surface area (Å²) < 4.78 is 12.8. The van der Waals surface area contributed by atoms with Gasteiger partial charge in [0.1, 0.15) is 11.4 Å². The van der Waals surface area contributed by atoms with Gasteiger partial charge < -0.3 is 4.98 Å². The molecule has 3 rings (SSSR count). The second-order valence-corrected chi connectivity index (χ2v) is 4.99. The smallest absolute Gasteiger partial charge is 0.275 e. The van der Waals surface area contributed by atoms with E-state index in [0.29, 0.717) is 10.9 Å². The first kappa shape index (κ1) is 15.4. The van der Waals surface area contributed by atoms with Crippen LogP contribution in [0.25, 0.3) is 10.9 Å². The Labute approximate surface area is 135 Å². The summed E-state index contributed by atoms with van der Waals surface area (Å²) in [5.41, 5.74) is 4.54. The van der Waals surface area contributed by atoms with Crippen LogP contribution < -0.4 is 16.3 Å². The van der Waals surface area contributed by atoms with Crippen LogP contribution in [0.15, 0.2) is 59.5 Å². The third-order valence-electron chi connectivity index (χ3n) is 3.43. The molecule has 0 atom stereocenters. The lowest BCUT2D eigenvalue weighted by atomic mass is 10.1. The van der Waals surface area contributed by atoms with Crippen molar-refractivity contribution in [3.05, 3.63) is 81.9 Å². The monoisotopic (exact) mass is 325 g/mol. The fourth-order valence-corrected chi connectivity index (χ4v) is 2.19. The highest BCUT2D eigenvalue weighted by atomic mass is 19.1. The van der Waals surface area contributed by atoms with Gasteiger partial charge in [0.05, 0.1) is 0 Å². The lowest BCUT2D eigenvalue weighted by molar-refractivity contribution is 0.0846. The summed E-state index contributed by atoms with van der Waals surface area (Å²) in [6, 6.07) is 11.6. The van der Waals surface area contributed by atoms with E-state index in [-0.39, 0.29) is 11.1 Å². The van der Waals surface area contributed by atoms with E-state index in [4.69, 9.17) is 0 Å². The predicted octanol–water partition coefficient (Wildman–Crippen LogP) is 1.74. The minimum atomic E-state index is -0.752. The van der Waals surface area contributed by atoms with Gasteiger partial charge in [0.25, 0.3) is 11.8 Å².